The van der Waals surface area contributed by atoms with Gasteiger partial charge >= 0.3 is 11.9 Å². The molecule has 2 rings (SSSR count). The molecule has 126 valence electrons. The van der Waals surface area contributed by atoms with E-state index in [-0.39, 0.29) is 0 Å². The van der Waals surface area contributed by atoms with Crippen molar-refractivity contribution in [1.82, 2.24) is 10.2 Å². The molecule has 7 nitrogen and oxygen atoms in total. The van der Waals surface area contributed by atoms with Crippen molar-refractivity contribution in [1.29, 1.82) is 0 Å². The molecule has 0 aliphatic carbocycles. The fraction of sp³-hybridized carbons (Fsp3) is 0.375. The van der Waals surface area contributed by atoms with Crippen LogP contribution in [0, 0.1) is 0 Å². The lowest BCUT2D eigenvalue weighted by Crippen LogP contribution is -2.44. The Bertz CT molecular complexity index is 482. The monoisotopic (exact) mass is 322 g/mol. The number of benzene rings is 1. The fourth-order valence-corrected chi connectivity index (χ4v) is 1.85. The van der Waals surface area contributed by atoms with Crippen LogP contribution >= 0.6 is 0 Å². The van der Waals surface area contributed by atoms with Crippen molar-refractivity contribution in [3.05, 3.63) is 48.0 Å². The van der Waals surface area contributed by atoms with E-state index in [9.17, 15) is 9.59 Å². The van der Waals surface area contributed by atoms with Gasteiger partial charge < -0.3 is 20.3 Å². The van der Waals surface area contributed by atoms with Gasteiger partial charge in [-0.25, -0.2) is 9.59 Å². The van der Waals surface area contributed by atoms with E-state index in [1.165, 1.54) is 5.56 Å². The minimum atomic E-state index is -1.26. The van der Waals surface area contributed by atoms with Crippen molar-refractivity contribution in [2.24, 2.45) is 0 Å². The van der Waals surface area contributed by atoms with Crippen LogP contribution in [0.25, 0.3) is 0 Å². The molecule has 1 aromatic carbocycles. The van der Waals surface area contributed by atoms with Crippen LogP contribution in [0.5, 0.6) is 0 Å². The lowest BCUT2D eigenvalue weighted by molar-refractivity contribution is -0.134. The molecule has 7 heteroatoms. The molecule has 0 unspecified atom stereocenters. The Morgan fingerprint density at radius 1 is 1.09 bits per heavy atom. The third kappa shape index (κ3) is 10.2. The average Bonchev–Trinajstić information content (AvgIpc) is 2.56. The van der Waals surface area contributed by atoms with Gasteiger partial charge in [-0.1, -0.05) is 30.3 Å². The van der Waals surface area contributed by atoms with E-state index in [4.69, 9.17) is 14.9 Å². The van der Waals surface area contributed by atoms with Crippen LogP contribution in [0.15, 0.2) is 42.5 Å². The van der Waals surface area contributed by atoms with Crippen LogP contribution < -0.4 is 5.32 Å². The SMILES string of the molecule is O=C(O)C=CC(=O)O.c1ccc(COCN2CCNCC2)cc1. The molecule has 0 bridgehead atoms. The van der Waals surface area contributed by atoms with Gasteiger partial charge in [0.1, 0.15) is 0 Å². The van der Waals surface area contributed by atoms with Crippen molar-refractivity contribution in [2.75, 3.05) is 32.9 Å². The number of ether oxygens (including phenoxy) is 1. The van der Waals surface area contributed by atoms with Crippen molar-refractivity contribution >= 4 is 11.9 Å². The van der Waals surface area contributed by atoms with E-state index in [1.807, 2.05) is 18.2 Å². The fourth-order valence-electron chi connectivity index (χ4n) is 1.85. The van der Waals surface area contributed by atoms with Gasteiger partial charge in [0.05, 0.1) is 13.3 Å². The second kappa shape index (κ2) is 11.4. The number of hydrogen-bond acceptors (Lipinski definition) is 5. The highest BCUT2D eigenvalue weighted by Crippen LogP contribution is 2.01. The number of carboxylic acids is 2. The number of carboxylic acid groups (broad SMARTS) is 2. The lowest BCUT2D eigenvalue weighted by Gasteiger charge is -2.26. The molecule has 0 amide bonds. The van der Waals surface area contributed by atoms with Crippen LogP contribution in [-0.2, 0) is 20.9 Å². The normalized spacial score (nSPS) is 15.0. The molecule has 0 atom stereocenters. The molecule has 0 radical (unpaired) electrons. The highest BCUT2D eigenvalue weighted by atomic mass is 16.5. The van der Waals surface area contributed by atoms with Crippen LogP contribution in [0.1, 0.15) is 5.56 Å². The molecule has 1 aliphatic rings. The molecule has 23 heavy (non-hydrogen) atoms. The Kier molecular flexibility index (Phi) is 9.30. The maximum absolute atomic E-state index is 9.55. The molecule has 3 N–H and O–H groups in total. The van der Waals surface area contributed by atoms with E-state index in [2.05, 4.69) is 22.3 Å². The quantitative estimate of drug-likeness (QED) is 0.666. The highest BCUT2D eigenvalue weighted by molar-refractivity contribution is 5.89. The Morgan fingerprint density at radius 2 is 1.65 bits per heavy atom. The highest BCUT2D eigenvalue weighted by Gasteiger charge is 2.08. The molecule has 1 saturated heterocycles. The van der Waals surface area contributed by atoms with E-state index in [1.54, 1.807) is 0 Å². The van der Waals surface area contributed by atoms with Crippen molar-refractivity contribution in [2.45, 2.75) is 6.61 Å². The van der Waals surface area contributed by atoms with Crippen molar-refractivity contribution in [3.8, 4) is 0 Å². The third-order valence-electron chi connectivity index (χ3n) is 2.96. The first-order chi connectivity index (χ1) is 11.1. The van der Waals surface area contributed by atoms with Gasteiger partial charge in [-0.05, 0) is 5.56 Å². The zero-order chi connectivity index (χ0) is 16.9. The van der Waals surface area contributed by atoms with Crippen LogP contribution in [-0.4, -0.2) is 60.0 Å². The number of rotatable bonds is 6. The number of carbonyl (C=O) groups is 2. The summed E-state index contributed by atoms with van der Waals surface area (Å²) in [5.74, 6) is -2.51. The second-order valence-electron chi connectivity index (χ2n) is 4.84. The summed E-state index contributed by atoms with van der Waals surface area (Å²) in [5, 5.41) is 19.0. The van der Waals surface area contributed by atoms with Gasteiger partial charge in [-0.3, -0.25) is 4.90 Å². The van der Waals surface area contributed by atoms with E-state index < -0.39 is 11.9 Å². The molecular weight excluding hydrogens is 300 g/mol. The van der Waals surface area contributed by atoms with Gasteiger partial charge in [0.25, 0.3) is 0 Å². The van der Waals surface area contributed by atoms with Crippen molar-refractivity contribution < 1.29 is 24.5 Å². The number of nitrogens with one attached hydrogen (secondary N) is 1. The Hall–Kier alpha value is -2.22. The van der Waals surface area contributed by atoms with Crippen LogP contribution in [0.3, 0.4) is 0 Å². The maximum Gasteiger partial charge on any atom is 0.328 e. The minimum Gasteiger partial charge on any atom is -0.478 e. The van der Waals surface area contributed by atoms with E-state index in [0.29, 0.717) is 18.8 Å². The molecule has 0 saturated carbocycles. The van der Waals surface area contributed by atoms with Crippen molar-refractivity contribution in [3.63, 3.8) is 0 Å². The molecule has 0 spiro atoms. The molecule has 1 heterocycles. The summed E-state index contributed by atoms with van der Waals surface area (Å²) in [6.07, 6.45) is 1.12. The van der Waals surface area contributed by atoms with Crippen LogP contribution in [0.4, 0.5) is 0 Å². The molecule has 1 aliphatic heterocycles. The lowest BCUT2D eigenvalue weighted by atomic mass is 10.2. The zero-order valence-electron chi connectivity index (χ0n) is 12.9. The first-order valence-corrected chi connectivity index (χ1v) is 7.26. The topological polar surface area (TPSA) is 99.1 Å². The summed E-state index contributed by atoms with van der Waals surface area (Å²) in [6.45, 7) is 5.80. The molecule has 1 aromatic rings. The zero-order valence-corrected chi connectivity index (χ0v) is 12.9. The summed E-state index contributed by atoms with van der Waals surface area (Å²) in [7, 11) is 0. The minimum absolute atomic E-state index is 0.558. The summed E-state index contributed by atoms with van der Waals surface area (Å²) < 4.78 is 5.66. The number of hydrogen-bond donors (Lipinski definition) is 3. The predicted molar refractivity (Wildman–Crippen MR) is 85.0 cm³/mol. The van der Waals surface area contributed by atoms with E-state index in [0.717, 1.165) is 32.9 Å². The molecule has 0 aromatic heterocycles. The molecule has 1 fully saturated rings. The van der Waals surface area contributed by atoms with Gasteiger partial charge in [0.2, 0.25) is 0 Å². The smallest absolute Gasteiger partial charge is 0.328 e. The summed E-state index contributed by atoms with van der Waals surface area (Å²) in [5.41, 5.74) is 1.24. The Balaban J connectivity index is 0.000000284. The third-order valence-corrected chi connectivity index (χ3v) is 2.96. The van der Waals surface area contributed by atoms with E-state index >= 15 is 0 Å². The van der Waals surface area contributed by atoms with Gasteiger partial charge in [-0.15, -0.1) is 0 Å². The number of aliphatic carboxylic acids is 2. The summed E-state index contributed by atoms with van der Waals surface area (Å²) in [6, 6.07) is 10.3. The Labute approximate surface area is 135 Å². The van der Waals surface area contributed by atoms with Crippen LogP contribution in [0.2, 0.25) is 0 Å². The largest absolute Gasteiger partial charge is 0.478 e. The maximum atomic E-state index is 9.55. The van der Waals surface area contributed by atoms with Gasteiger partial charge in [0.15, 0.2) is 0 Å². The average molecular weight is 322 g/mol. The van der Waals surface area contributed by atoms with Gasteiger partial charge in [0, 0.05) is 38.3 Å². The standard InChI is InChI=1S/C12H18N2O.C4H4O4/c1-2-4-12(5-3-1)10-15-11-14-8-6-13-7-9-14;5-3(6)1-2-4(7)8/h1-5,13H,6-11H2;1-2H,(H,5,6)(H,7,8). The Morgan fingerprint density at radius 3 is 2.17 bits per heavy atom. The first-order valence-electron chi connectivity index (χ1n) is 7.26. The van der Waals surface area contributed by atoms with Gasteiger partial charge in [-0.2, -0.15) is 0 Å². The molecular formula is C16H22N2O5. The number of nitrogens with zero attached hydrogens (tertiary/aromatic N) is 1. The summed E-state index contributed by atoms with van der Waals surface area (Å²) in [4.78, 5) is 21.4. The summed E-state index contributed by atoms with van der Waals surface area (Å²) >= 11 is 0. The predicted octanol–water partition coefficient (Wildman–Crippen LogP) is 0.778. The number of piperazine rings is 1. The first kappa shape index (κ1) is 18.8. The second-order valence-corrected chi connectivity index (χ2v) is 4.84.